The average molecular weight is 281 g/mol. The maximum absolute atomic E-state index is 13.0. The first-order valence-corrected chi connectivity index (χ1v) is 6.92. The van der Waals surface area contributed by atoms with E-state index in [1.165, 1.54) is 12.1 Å². The van der Waals surface area contributed by atoms with Crippen molar-refractivity contribution in [2.75, 3.05) is 19.8 Å². The third-order valence-corrected chi connectivity index (χ3v) is 3.73. The number of carboxylic acid groups (broad SMARTS) is 1. The molecule has 0 aliphatic carbocycles. The number of carbonyl (C=O) groups is 1. The number of carboxylic acids is 1. The van der Waals surface area contributed by atoms with E-state index in [9.17, 15) is 9.18 Å². The van der Waals surface area contributed by atoms with Crippen LogP contribution in [-0.2, 0) is 9.53 Å². The number of hydrogen-bond donors (Lipinski definition) is 1. The van der Waals surface area contributed by atoms with Crippen LogP contribution in [0.25, 0.3) is 0 Å². The Morgan fingerprint density at radius 2 is 2.20 bits per heavy atom. The smallest absolute Gasteiger partial charge is 0.305 e. The van der Waals surface area contributed by atoms with Gasteiger partial charge in [-0.25, -0.2) is 4.39 Å². The second-order valence-electron chi connectivity index (χ2n) is 5.04. The minimum atomic E-state index is -0.820. The van der Waals surface area contributed by atoms with Gasteiger partial charge >= 0.3 is 5.97 Å². The molecular weight excluding hydrogens is 261 g/mol. The molecule has 1 saturated heterocycles. The third-order valence-electron chi connectivity index (χ3n) is 3.73. The Hall–Kier alpha value is -1.46. The van der Waals surface area contributed by atoms with Gasteiger partial charge in [-0.1, -0.05) is 19.1 Å². The van der Waals surface area contributed by atoms with Crippen molar-refractivity contribution in [3.63, 3.8) is 0 Å². The van der Waals surface area contributed by atoms with E-state index in [0.717, 1.165) is 12.0 Å². The van der Waals surface area contributed by atoms with Gasteiger partial charge in [0, 0.05) is 18.6 Å². The van der Waals surface area contributed by atoms with Crippen LogP contribution >= 0.6 is 0 Å². The highest BCUT2D eigenvalue weighted by molar-refractivity contribution is 5.67. The molecule has 0 aromatic heterocycles. The fraction of sp³-hybridized carbons (Fsp3) is 0.533. The highest BCUT2D eigenvalue weighted by Gasteiger charge is 2.30. The molecule has 5 heteroatoms. The monoisotopic (exact) mass is 281 g/mol. The number of benzene rings is 1. The van der Waals surface area contributed by atoms with E-state index >= 15 is 0 Å². The van der Waals surface area contributed by atoms with Gasteiger partial charge < -0.3 is 9.84 Å². The molecule has 4 nitrogen and oxygen atoms in total. The fourth-order valence-corrected chi connectivity index (χ4v) is 2.80. The molecule has 0 amide bonds. The predicted molar refractivity (Wildman–Crippen MR) is 73.0 cm³/mol. The number of rotatable bonds is 5. The summed E-state index contributed by atoms with van der Waals surface area (Å²) < 4.78 is 18.4. The van der Waals surface area contributed by atoms with Crippen molar-refractivity contribution in [1.29, 1.82) is 0 Å². The highest BCUT2D eigenvalue weighted by Crippen LogP contribution is 2.29. The average Bonchev–Trinajstić information content (AvgIpc) is 2.43. The van der Waals surface area contributed by atoms with Crippen LogP contribution in [0.5, 0.6) is 0 Å². The lowest BCUT2D eigenvalue weighted by Crippen LogP contribution is -2.48. The van der Waals surface area contributed by atoms with Crippen LogP contribution in [0.1, 0.15) is 31.4 Å². The summed E-state index contributed by atoms with van der Waals surface area (Å²) in [6.07, 6.45) is 0.916. The summed E-state index contributed by atoms with van der Waals surface area (Å²) in [6, 6.07) is 6.42. The van der Waals surface area contributed by atoms with E-state index in [4.69, 9.17) is 9.84 Å². The number of ether oxygens (including phenoxy) is 1. The number of hydrogen-bond acceptors (Lipinski definition) is 3. The summed E-state index contributed by atoms with van der Waals surface area (Å²) in [5.41, 5.74) is 1.02. The summed E-state index contributed by atoms with van der Waals surface area (Å²) in [4.78, 5) is 13.1. The summed E-state index contributed by atoms with van der Waals surface area (Å²) in [5.74, 6) is -1.08. The molecule has 0 spiro atoms. The van der Waals surface area contributed by atoms with Gasteiger partial charge in [-0.2, -0.15) is 0 Å². The van der Waals surface area contributed by atoms with E-state index < -0.39 is 5.97 Å². The summed E-state index contributed by atoms with van der Waals surface area (Å²) in [5, 5.41) is 9.01. The van der Waals surface area contributed by atoms with Gasteiger partial charge in [0.1, 0.15) is 5.82 Å². The molecule has 0 saturated carbocycles. The van der Waals surface area contributed by atoms with Gasteiger partial charge in [-0.3, -0.25) is 9.69 Å². The normalized spacial score (nSPS) is 21.6. The Balaban J connectivity index is 2.19. The van der Waals surface area contributed by atoms with E-state index in [1.54, 1.807) is 12.1 Å². The fourth-order valence-electron chi connectivity index (χ4n) is 2.80. The van der Waals surface area contributed by atoms with Crippen molar-refractivity contribution in [3.8, 4) is 0 Å². The molecule has 1 aromatic rings. The van der Waals surface area contributed by atoms with Gasteiger partial charge in [0.15, 0.2) is 0 Å². The molecule has 1 fully saturated rings. The third kappa shape index (κ3) is 3.55. The lowest BCUT2D eigenvalue weighted by atomic mass is 9.99. The predicted octanol–water partition coefficient (Wildman–Crippen LogP) is 2.45. The van der Waals surface area contributed by atoms with Gasteiger partial charge in [-0.15, -0.1) is 0 Å². The maximum atomic E-state index is 13.0. The Labute approximate surface area is 118 Å². The number of halogens is 1. The molecule has 1 N–H and O–H groups in total. The zero-order valence-corrected chi connectivity index (χ0v) is 11.6. The van der Waals surface area contributed by atoms with Crippen LogP contribution in [0, 0.1) is 5.82 Å². The molecule has 2 unspecified atom stereocenters. The Kier molecular flexibility index (Phi) is 5.09. The second-order valence-corrected chi connectivity index (χ2v) is 5.04. The van der Waals surface area contributed by atoms with Crippen molar-refractivity contribution in [2.45, 2.75) is 31.8 Å². The maximum Gasteiger partial charge on any atom is 0.305 e. The molecule has 1 aromatic carbocycles. The Morgan fingerprint density at radius 1 is 1.50 bits per heavy atom. The number of aliphatic carboxylic acids is 1. The lowest BCUT2D eigenvalue weighted by molar-refractivity contribution is -0.141. The molecule has 110 valence electrons. The zero-order valence-electron chi connectivity index (χ0n) is 11.6. The Morgan fingerprint density at radius 3 is 2.80 bits per heavy atom. The largest absolute Gasteiger partial charge is 0.481 e. The summed E-state index contributed by atoms with van der Waals surface area (Å²) >= 11 is 0. The minimum Gasteiger partial charge on any atom is -0.481 e. The van der Waals surface area contributed by atoms with Crippen molar-refractivity contribution in [3.05, 3.63) is 35.6 Å². The van der Waals surface area contributed by atoms with Gasteiger partial charge in [0.05, 0.1) is 19.6 Å². The molecule has 1 aliphatic rings. The molecule has 0 bridgehead atoms. The van der Waals surface area contributed by atoms with Crippen LogP contribution in [-0.4, -0.2) is 41.8 Å². The quantitative estimate of drug-likeness (QED) is 0.900. The SMILES string of the molecule is CCC(c1ccc(F)cc1)N1CCOCC1CC(=O)O. The van der Waals surface area contributed by atoms with E-state index in [0.29, 0.717) is 19.8 Å². The van der Waals surface area contributed by atoms with Crippen LogP contribution in [0.3, 0.4) is 0 Å². The number of morpholine rings is 1. The highest BCUT2D eigenvalue weighted by atomic mass is 19.1. The topological polar surface area (TPSA) is 49.8 Å². The van der Waals surface area contributed by atoms with Gasteiger partial charge in [0.2, 0.25) is 0 Å². The minimum absolute atomic E-state index is 0.0672. The van der Waals surface area contributed by atoms with Gasteiger partial charge in [0.25, 0.3) is 0 Å². The van der Waals surface area contributed by atoms with Crippen LogP contribution in [0.2, 0.25) is 0 Å². The number of nitrogens with zero attached hydrogens (tertiary/aromatic N) is 1. The molecule has 20 heavy (non-hydrogen) atoms. The van der Waals surface area contributed by atoms with Crippen molar-refractivity contribution in [1.82, 2.24) is 4.90 Å². The molecule has 1 heterocycles. The first kappa shape index (κ1) is 14.9. The molecule has 2 atom stereocenters. The van der Waals surface area contributed by atoms with Gasteiger partial charge in [-0.05, 0) is 24.1 Å². The van der Waals surface area contributed by atoms with Crippen molar-refractivity contribution >= 4 is 5.97 Å². The summed E-state index contributed by atoms with van der Waals surface area (Å²) in [6.45, 7) is 3.80. The van der Waals surface area contributed by atoms with Crippen LogP contribution in [0.15, 0.2) is 24.3 Å². The summed E-state index contributed by atoms with van der Waals surface area (Å²) in [7, 11) is 0. The first-order valence-electron chi connectivity index (χ1n) is 6.92. The van der Waals surface area contributed by atoms with E-state index in [2.05, 4.69) is 11.8 Å². The van der Waals surface area contributed by atoms with Crippen LogP contribution < -0.4 is 0 Å². The lowest BCUT2D eigenvalue weighted by Gasteiger charge is -2.40. The molecule has 1 aliphatic heterocycles. The van der Waals surface area contributed by atoms with Crippen molar-refractivity contribution < 1.29 is 19.0 Å². The van der Waals surface area contributed by atoms with E-state index in [-0.39, 0.29) is 24.3 Å². The molecular formula is C15H20FNO3. The molecule has 2 rings (SSSR count). The second kappa shape index (κ2) is 6.81. The Bertz CT molecular complexity index is 449. The first-order chi connectivity index (χ1) is 9.61. The standard InChI is InChI=1S/C15H20FNO3/c1-2-14(11-3-5-12(16)6-4-11)17-7-8-20-10-13(17)9-15(18)19/h3-6,13-14H,2,7-10H2,1H3,(H,18,19). The molecule has 0 radical (unpaired) electrons. The van der Waals surface area contributed by atoms with Crippen LogP contribution in [0.4, 0.5) is 4.39 Å². The van der Waals surface area contributed by atoms with E-state index in [1.807, 2.05) is 0 Å². The van der Waals surface area contributed by atoms with Crippen molar-refractivity contribution in [2.24, 2.45) is 0 Å². The zero-order chi connectivity index (χ0) is 14.5.